The lowest BCUT2D eigenvalue weighted by atomic mass is 9.82. The largest absolute Gasteiger partial charge is 0.0890 e. The molecule has 1 saturated carbocycles. The van der Waals surface area contributed by atoms with Gasteiger partial charge in [0.2, 0.25) is 0 Å². The Kier molecular flexibility index (Phi) is 3.42. The van der Waals surface area contributed by atoms with Gasteiger partial charge in [-0.25, -0.2) is 0 Å². The molecular weight excluding hydrogens is 271 g/mol. The molecule has 0 aliphatic heterocycles. The first-order valence-electron chi connectivity index (χ1n) is 5.47. The summed E-state index contributed by atoms with van der Waals surface area (Å²) in [6.07, 6.45) is 4.96. The second kappa shape index (κ2) is 4.47. The van der Waals surface area contributed by atoms with E-state index in [2.05, 4.69) is 35.0 Å². The lowest BCUT2D eigenvalue weighted by Gasteiger charge is -2.24. The van der Waals surface area contributed by atoms with Gasteiger partial charge in [0.05, 0.1) is 0 Å². The first kappa shape index (κ1) is 11.5. The van der Waals surface area contributed by atoms with Crippen LogP contribution in [0.25, 0.3) is 0 Å². The molecule has 1 aliphatic carbocycles. The van der Waals surface area contributed by atoms with Crippen LogP contribution < -0.4 is 0 Å². The van der Waals surface area contributed by atoms with Crippen LogP contribution in [0, 0.1) is 5.41 Å². The molecule has 15 heavy (non-hydrogen) atoms. The average molecular weight is 288 g/mol. The van der Waals surface area contributed by atoms with Gasteiger partial charge in [-0.15, -0.1) is 0 Å². The van der Waals surface area contributed by atoms with Gasteiger partial charge in [0.25, 0.3) is 0 Å². The van der Waals surface area contributed by atoms with Gasteiger partial charge in [-0.2, -0.15) is 0 Å². The lowest BCUT2D eigenvalue weighted by molar-refractivity contribution is 0.336. The highest BCUT2D eigenvalue weighted by Crippen LogP contribution is 2.44. The summed E-state index contributed by atoms with van der Waals surface area (Å²) in [4.78, 5) is 0.699. The topological polar surface area (TPSA) is 0 Å². The summed E-state index contributed by atoms with van der Waals surface area (Å²) in [6.45, 7) is 2.37. The zero-order valence-corrected chi connectivity index (χ0v) is 11.3. The van der Waals surface area contributed by atoms with Crippen molar-refractivity contribution in [3.8, 4) is 0 Å². The predicted octanol–water partition coefficient (Wildman–Crippen LogP) is 4.84. The minimum atomic E-state index is 0.430. The predicted molar refractivity (Wildman–Crippen MR) is 69.8 cm³/mol. The maximum atomic E-state index is 6.19. The van der Waals surface area contributed by atoms with Gasteiger partial charge in [-0.3, -0.25) is 0 Å². The Morgan fingerprint density at radius 3 is 2.80 bits per heavy atom. The zero-order chi connectivity index (χ0) is 10.9. The van der Waals surface area contributed by atoms with Crippen LogP contribution in [0.15, 0.2) is 24.3 Å². The molecule has 2 atom stereocenters. The fourth-order valence-corrected chi connectivity index (χ4v) is 3.72. The Balaban J connectivity index is 2.12. The van der Waals surface area contributed by atoms with Gasteiger partial charge in [0.1, 0.15) is 0 Å². The van der Waals surface area contributed by atoms with Gasteiger partial charge >= 0.3 is 0 Å². The molecule has 0 saturated heterocycles. The second-order valence-electron chi connectivity index (χ2n) is 4.92. The third-order valence-electron chi connectivity index (χ3n) is 3.35. The van der Waals surface area contributed by atoms with E-state index in [1.165, 1.54) is 24.8 Å². The van der Waals surface area contributed by atoms with E-state index in [0.717, 1.165) is 11.4 Å². The first-order chi connectivity index (χ1) is 7.09. The Morgan fingerprint density at radius 1 is 1.47 bits per heavy atom. The van der Waals surface area contributed by atoms with E-state index >= 15 is 0 Å². The van der Waals surface area contributed by atoms with Crippen molar-refractivity contribution in [2.24, 2.45) is 5.41 Å². The van der Waals surface area contributed by atoms with E-state index in [1.54, 1.807) is 0 Å². The summed E-state index contributed by atoms with van der Waals surface area (Å²) in [5.41, 5.74) is 1.72. The molecule has 0 spiro atoms. The molecule has 0 nitrogen and oxygen atoms in total. The molecule has 1 aromatic rings. The molecule has 0 radical (unpaired) electrons. The van der Waals surface area contributed by atoms with Crippen molar-refractivity contribution < 1.29 is 0 Å². The highest BCUT2D eigenvalue weighted by atomic mass is 79.9. The van der Waals surface area contributed by atoms with E-state index in [4.69, 9.17) is 11.6 Å². The van der Waals surface area contributed by atoms with Gasteiger partial charge in [-0.05, 0) is 42.7 Å². The van der Waals surface area contributed by atoms with E-state index in [0.29, 0.717) is 10.2 Å². The molecule has 0 heterocycles. The quantitative estimate of drug-likeness (QED) is 0.683. The maximum Gasteiger partial charge on any atom is 0.0438 e. The van der Waals surface area contributed by atoms with Gasteiger partial charge in [0, 0.05) is 9.85 Å². The third-order valence-corrected chi connectivity index (χ3v) is 4.50. The minimum absolute atomic E-state index is 0.430. The molecule has 0 bridgehead atoms. The lowest BCUT2D eigenvalue weighted by Crippen LogP contribution is -2.15. The second-order valence-corrected chi connectivity index (χ2v) is 6.62. The van der Waals surface area contributed by atoms with E-state index in [-0.39, 0.29) is 0 Å². The molecule has 2 unspecified atom stereocenters. The van der Waals surface area contributed by atoms with Crippen LogP contribution in [-0.4, -0.2) is 4.83 Å². The van der Waals surface area contributed by atoms with Crippen LogP contribution >= 0.6 is 27.5 Å². The molecule has 0 N–H and O–H groups in total. The summed E-state index contributed by atoms with van der Waals surface area (Å²) < 4.78 is 0. The Bertz CT molecular complexity index is 350. The van der Waals surface area contributed by atoms with Crippen LogP contribution in [0.2, 0.25) is 5.02 Å². The summed E-state index contributed by atoms with van der Waals surface area (Å²) >= 11 is 9.90. The van der Waals surface area contributed by atoms with Crippen molar-refractivity contribution >= 4 is 27.5 Å². The number of rotatable bonds is 2. The molecule has 1 aliphatic rings. The average Bonchev–Trinajstić information content (AvgIpc) is 2.51. The normalized spacial score (nSPS) is 30.7. The maximum absolute atomic E-state index is 6.19. The van der Waals surface area contributed by atoms with Crippen molar-refractivity contribution in [1.82, 2.24) is 0 Å². The highest BCUT2D eigenvalue weighted by Gasteiger charge is 2.34. The van der Waals surface area contributed by atoms with Crippen LogP contribution in [-0.2, 0) is 6.42 Å². The monoisotopic (exact) mass is 286 g/mol. The molecule has 82 valence electrons. The van der Waals surface area contributed by atoms with Gasteiger partial charge < -0.3 is 0 Å². The van der Waals surface area contributed by atoms with E-state index < -0.39 is 0 Å². The van der Waals surface area contributed by atoms with Crippen molar-refractivity contribution in [2.45, 2.75) is 37.4 Å². The van der Waals surface area contributed by atoms with Crippen molar-refractivity contribution in [3.63, 3.8) is 0 Å². The Labute approximate surface area is 105 Å². The van der Waals surface area contributed by atoms with Gasteiger partial charge in [-0.1, -0.05) is 52.7 Å². The van der Waals surface area contributed by atoms with Crippen LogP contribution in [0.1, 0.15) is 31.7 Å². The van der Waals surface area contributed by atoms with E-state index in [9.17, 15) is 0 Å². The first-order valence-corrected chi connectivity index (χ1v) is 6.76. The minimum Gasteiger partial charge on any atom is -0.0890 e. The van der Waals surface area contributed by atoms with Crippen LogP contribution in [0.4, 0.5) is 0 Å². The number of benzene rings is 1. The molecular formula is C13H16BrCl. The molecule has 0 aromatic heterocycles. The summed E-state index contributed by atoms with van der Waals surface area (Å²) in [6, 6.07) is 8.21. The van der Waals surface area contributed by atoms with Crippen molar-refractivity contribution in [3.05, 3.63) is 34.9 Å². The Hall–Kier alpha value is -0.0100. The SMILES string of the molecule is CC1(Cc2ccccc2Cl)CCC(Br)C1. The number of hydrogen-bond donors (Lipinski definition) is 0. The molecule has 2 heteroatoms. The number of alkyl halides is 1. The molecule has 1 fully saturated rings. The number of hydrogen-bond acceptors (Lipinski definition) is 0. The Morgan fingerprint density at radius 2 is 2.20 bits per heavy atom. The van der Waals surface area contributed by atoms with Crippen molar-refractivity contribution in [1.29, 1.82) is 0 Å². The third kappa shape index (κ3) is 2.76. The molecule has 0 amide bonds. The smallest absolute Gasteiger partial charge is 0.0438 e. The molecule has 1 aromatic carbocycles. The fraction of sp³-hybridized carbons (Fsp3) is 0.538. The zero-order valence-electron chi connectivity index (χ0n) is 8.97. The molecule has 2 rings (SSSR count). The van der Waals surface area contributed by atoms with E-state index in [1.807, 2.05) is 12.1 Å². The summed E-state index contributed by atoms with van der Waals surface area (Å²) in [7, 11) is 0. The fourth-order valence-electron chi connectivity index (χ4n) is 2.51. The van der Waals surface area contributed by atoms with Crippen LogP contribution in [0.5, 0.6) is 0 Å². The number of halogens is 2. The van der Waals surface area contributed by atoms with Crippen molar-refractivity contribution in [2.75, 3.05) is 0 Å². The van der Waals surface area contributed by atoms with Gasteiger partial charge in [0.15, 0.2) is 0 Å². The standard InChI is InChI=1S/C13H16BrCl/c1-13(7-6-11(14)9-13)8-10-4-2-3-5-12(10)15/h2-5,11H,6-9H2,1H3. The summed E-state index contributed by atoms with van der Waals surface area (Å²) in [5.74, 6) is 0. The highest BCUT2D eigenvalue weighted by molar-refractivity contribution is 9.09. The van der Waals surface area contributed by atoms with Crippen LogP contribution in [0.3, 0.4) is 0 Å². The summed E-state index contributed by atoms with van der Waals surface area (Å²) in [5, 5.41) is 0.914.